The van der Waals surface area contributed by atoms with E-state index >= 15 is 0 Å². The minimum absolute atomic E-state index is 0.538. The van der Waals surface area contributed by atoms with Crippen molar-refractivity contribution in [3.63, 3.8) is 0 Å². The van der Waals surface area contributed by atoms with Crippen molar-refractivity contribution < 1.29 is 18.9 Å². The summed E-state index contributed by atoms with van der Waals surface area (Å²) in [6.45, 7) is 10.7. The molecular weight excluding hydrogens is 258 g/mol. The molecule has 0 aromatic rings. The highest BCUT2D eigenvalue weighted by atomic mass is 16.6. The smallest absolute Gasteiger partial charge is 0.0701 e. The Labute approximate surface area is 124 Å². The molecule has 0 aromatic carbocycles. The van der Waals surface area contributed by atoms with Gasteiger partial charge in [-0.1, -0.05) is 20.3 Å². The van der Waals surface area contributed by atoms with Crippen LogP contribution < -0.4 is 5.32 Å². The summed E-state index contributed by atoms with van der Waals surface area (Å²) in [5.74, 6) is 0.538. The van der Waals surface area contributed by atoms with Crippen molar-refractivity contribution in [2.75, 3.05) is 66.4 Å². The van der Waals surface area contributed by atoms with Crippen molar-refractivity contribution in [1.29, 1.82) is 0 Å². The Morgan fingerprint density at radius 3 is 1.80 bits per heavy atom. The van der Waals surface area contributed by atoms with Crippen LogP contribution in [0.4, 0.5) is 0 Å². The molecule has 0 aliphatic carbocycles. The molecule has 1 atom stereocenters. The fraction of sp³-hybridized carbons (Fsp3) is 1.00. The third-order valence-corrected chi connectivity index (χ3v) is 2.71. The zero-order valence-electron chi connectivity index (χ0n) is 13.5. The molecule has 5 heteroatoms. The van der Waals surface area contributed by atoms with Crippen LogP contribution in [-0.2, 0) is 18.9 Å². The summed E-state index contributed by atoms with van der Waals surface area (Å²) < 4.78 is 21.7. The highest BCUT2D eigenvalue weighted by molar-refractivity contribution is 4.52. The van der Waals surface area contributed by atoms with Crippen LogP contribution in [0.5, 0.6) is 0 Å². The van der Waals surface area contributed by atoms with Gasteiger partial charge in [0.15, 0.2) is 0 Å². The fourth-order valence-electron chi connectivity index (χ4n) is 1.60. The first-order chi connectivity index (χ1) is 9.81. The first-order valence-corrected chi connectivity index (χ1v) is 7.76. The van der Waals surface area contributed by atoms with Gasteiger partial charge in [-0.3, -0.25) is 0 Å². The van der Waals surface area contributed by atoms with Crippen LogP contribution >= 0.6 is 0 Å². The lowest BCUT2D eigenvalue weighted by Gasteiger charge is -2.11. The van der Waals surface area contributed by atoms with Gasteiger partial charge < -0.3 is 24.3 Å². The molecule has 0 rings (SSSR count). The van der Waals surface area contributed by atoms with Crippen molar-refractivity contribution in [2.45, 2.75) is 26.7 Å². The maximum atomic E-state index is 5.50. The van der Waals surface area contributed by atoms with E-state index in [2.05, 4.69) is 19.2 Å². The van der Waals surface area contributed by atoms with Gasteiger partial charge in [-0.05, 0) is 25.9 Å². The number of unbranched alkanes of at least 4 members (excludes halogenated alkanes) is 1. The van der Waals surface area contributed by atoms with Crippen LogP contribution in [0.3, 0.4) is 0 Å². The van der Waals surface area contributed by atoms with Crippen LogP contribution in [-0.4, -0.2) is 66.4 Å². The largest absolute Gasteiger partial charge is 0.379 e. The molecule has 0 aliphatic heterocycles. The number of nitrogens with one attached hydrogen (secondary N) is 1. The zero-order valence-corrected chi connectivity index (χ0v) is 13.5. The highest BCUT2D eigenvalue weighted by Gasteiger charge is 1.99. The molecule has 0 fully saturated rings. The second-order valence-corrected chi connectivity index (χ2v) is 4.93. The molecule has 0 amide bonds. The van der Waals surface area contributed by atoms with Gasteiger partial charge in [0.1, 0.15) is 0 Å². The summed E-state index contributed by atoms with van der Waals surface area (Å²) >= 11 is 0. The Morgan fingerprint density at radius 2 is 1.30 bits per heavy atom. The Hall–Kier alpha value is -0.200. The summed E-state index contributed by atoms with van der Waals surface area (Å²) in [4.78, 5) is 0. The average molecular weight is 291 g/mol. The Balaban J connectivity index is 2.99. The second kappa shape index (κ2) is 16.9. The third kappa shape index (κ3) is 15.9. The van der Waals surface area contributed by atoms with E-state index in [0.29, 0.717) is 45.6 Å². The molecule has 1 N–H and O–H groups in total. The molecule has 20 heavy (non-hydrogen) atoms. The van der Waals surface area contributed by atoms with Crippen molar-refractivity contribution in [2.24, 2.45) is 5.92 Å². The number of rotatable bonds is 16. The SMILES string of the molecule is CCCCOCCOCCOCCOCC(C)CNC. The molecule has 0 aliphatic rings. The lowest BCUT2D eigenvalue weighted by Crippen LogP contribution is -2.21. The molecule has 1 unspecified atom stereocenters. The van der Waals surface area contributed by atoms with Crippen molar-refractivity contribution in [3.05, 3.63) is 0 Å². The maximum Gasteiger partial charge on any atom is 0.0701 e. The molecule has 0 bridgehead atoms. The molecule has 0 aromatic heterocycles. The van der Waals surface area contributed by atoms with Crippen molar-refractivity contribution in [1.82, 2.24) is 5.32 Å². The summed E-state index contributed by atoms with van der Waals surface area (Å²) in [6.07, 6.45) is 2.29. The van der Waals surface area contributed by atoms with Crippen molar-refractivity contribution in [3.8, 4) is 0 Å². The summed E-state index contributed by atoms with van der Waals surface area (Å²) in [7, 11) is 1.95. The van der Waals surface area contributed by atoms with Crippen LogP contribution in [0.1, 0.15) is 26.7 Å². The van der Waals surface area contributed by atoms with Crippen LogP contribution in [0.25, 0.3) is 0 Å². The number of hydrogen-bond donors (Lipinski definition) is 1. The van der Waals surface area contributed by atoms with Crippen LogP contribution in [0, 0.1) is 5.92 Å². The lowest BCUT2D eigenvalue weighted by molar-refractivity contribution is -0.00531. The molecule has 0 saturated carbocycles. The molecule has 0 radical (unpaired) electrons. The Kier molecular flexibility index (Phi) is 16.7. The van der Waals surface area contributed by atoms with E-state index in [1.165, 1.54) is 6.42 Å². The molecule has 0 saturated heterocycles. The van der Waals surface area contributed by atoms with Gasteiger partial charge >= 0.3 is 0 Å². The first kappa shape index (κ1) is 19.8. The zero-order chi connectivity index (χ0) is 14.9. The van der Waals surface area contributed by atoms with Gasteiger partial charge in [0.25, 0.3) is 0 Å². The Morgan fingerprint density at radius 1 is 0.800 bits per heavy atom. The van der Waals surface area contributed by atoms with Gasteiger partial charge in [0.2, 0.25) is 0 Å². The molecule has 122 valence electrons. The van der Waals surface area contributed by atoms with Gasteiger partial charge in [-0.25, -0.2) is 0 Å². The lowest BCUT2D eigenvalue weighted by atomic mass is 10.2. The normalized spacial score (nSPS) is 12.8. The first-order valence-electron chi connectivity index (χ1n) is 7.76. The molecule has 0 heterocycles. The predicted octanol–water partition coefficient (Wildman–Crippen LogP) is 1.71. The Bertz CT molecular complexity index is 181. The monoisotopic (exact) mass is 291 g/mol. The van der Waals surface area contributed by atoms with Crippen LogP contribution in [0.2, 0.25) is 0 Å². The highest BCUT2D eigenvalue weighted by Crippen LogP contribution is 1.93. The average Bonchev–Trinajstić information content (AvgIpc) is 2.44. The molecule has 5 nitrogen and oxygen atoms in total. The summed E-state index contributed by atoms with van der Waals surface area (Å²) in [6, 6.07) is 0. The molecule has 0 spiro atoms. The van der Waals surface area contributed by atoms with Gasteiger partial charge in [0.05, 0.1) is 46.2 Å². The topological polar surface area (TPSA) is 49.0 Å². The van der Waals surface area contributed by atoms with Crippen molar-refractivity contribution >= 4 is 0 Å². The number of hydrogen-bond acceptors (Lipinski definition) is 5. The van der Waals surface area contributed by atoms with E-state index in [1.807, 2.05) is 7.05 Å². The van der Waals surface area contributed by atoms with E-state index in [4.69, 9.17) is 18.9 Å². The maximum absolute atomic E-state index is 5.50. The summed E-state index contributed by atoms with van der Waals surface area (Å²) in [5.41, 5.74) is 0. The van der Waals surface area contributed by atoms with Gasteiger partial charge in [0, 0.05) is 6.61 Å². The van der Waals surface area contributed by atoms with Gasteiger partial charge in [-0.15, -0.1) is 0 Å². The second-order valence-electron chi connectivity index (χ2n) is 4.93. The minimum atomic E-state index is 0.538. The quantitative estimate of drug-likeness (QED) is 0.439. The summed E-state index contributed by atoms with van der Waals surface area (Å²) in [5, 5.41) is 3.13. The molecular formula is C15H33NO4. The number of ether oxygens (including phenoxy) is 4. The predicted molar refractivity (Wildman–Crippen MR) is 81.3 cm³/mol. The van der Waals surface area contributed by atoms with Crippen LogP contribution in [0.15, 0.2) is 0 Å². The van der Waals surface area contributed by atoms with E-state index in [9.17, 15) is 0 Å². The minimum Gasteiger partial charge on any atom is -0.379 e. The van der Waals surface area contributed by atoms with E-state index in [-0.39, 0.29) is 0 Å². The van der Waals surface area contributed by atoms with E-state index < -0.39 is 0 Å². The van der Waals surface area contributed by atoms with E-state index in [0.717, 1.165) is 26.2 Å². The fourth-order valence-corrected chi connectivity index (χ4v) is 1.60. The van der Waals surface area contributed by atoms with E-state index in [1.54, 1.807) is 0 Å². The third-order valence-electron chi connectivity index (χ3n) is 2.71. The van der Waals surface area contributed by atoms with Gasteiger partial charge in [-0.2, -0.15) is 0 Å². The standard InChI is InChI=1S/C15H33NO4/c1-4-5-6-17-7-8-18-9-10-19-11-12-20-14-15(2)13-16-3/h15-16H,4-14H2,1-3H3.